The third-order valence-corrected chi connectivity index (χ3v) is 3.54. The molecular weight excluding hydrogens is 284 g/mol. The minimum Gasteiger partial charge on any atom is -0.366 e. The lowest BCUT2D eigenvalue weighted by atomic mass is 10.2. The van der Waals surface area contributed by atoms with Crippen molar-refractivity contribution in [2.45, 2.75) is 32.4 Å². The highest BCUT2D eigenvalue weighted by Gasteiger charge is 2.31. The Morgan fingerprint density at radius 2 is 1.91 bits per heavy atom. The Bertz CT molecular complexity index is 583. The van der Waals surface area contributed by atoms with Crippen LogP contribution in [-0.4, -0.2) is 41.4 Å². The molecule has 118 valence electrons. The number of nitrogens with one attached hydrogen (secondary N) is 2. The number of likely N-dealkylation sites (tertiary alicyclic amines) is 1. The Balaban J connectivity index is 1.88. The average molecular weight is 304 g/mol. The fourth-order valence-corrected chi connectivity index (χ4v) is 2.40. The second-order valence-electron chi connectivity index (χ2n) is 5.58. The van der Waals surface area contributed by atoms with Gasteiger partial charge in [-0.3, -0.25) is 9.59 Å². The van der Waals surface area contributed by atoms with Crippen LogP contribution in [0.15, 0.2) is 24.3 Å². The van der Waals surface area contributed by atoms with E-state index >= 15 is 0 Å². The van der Waals surface area contributed by atoms with Gasteiger partial charge in [0.25, 0.3) is 0 Å². The van der Waals surface area contributed by atoms with Crippen LogP contribution in [0, 0.1) is 0 Å². The lowest BCUT2D eigenvalue weighted by Gasteiger charge is -2.21. The van der Waals surface area contributed by atoms with Crippen LogP contribution in [0.1, 0.15) is 30.6 Å². The van der Waals surface area contributed by atoms with Gasteiger partial charge >= 0.3 is 6.03 Å². The normalized spacial score (nSPS) is 17.7. The molecule has 0 bridgehead atoms. The summed E-state index contributed by atoms with van der Waals surface area (Å²) >= 11 is 0. The first kappa shape index (κ1) is 15.8. The summed E-state index contributed by atoms with van der Waals surface area (Å²) in [7, 11) is 0. The van der Waals surface area contributed by atoms with Gasteiger partial charge < -0.3 is 21.3 Å². The molecular formula is C15H20N4O3. The van der Waals surface area contributed by atoms with Crippen LogP contribution in [0.25, 0.3) is 0 Å². The Labute approximate surface area is 128 Å². The van der Waals surface area contributed by atoms with Crippen LogP contribution in [0.2, 0.25) is 0 Å². The van der Waals surface area contributed by atoms with Gasteiger partial charge in [-0.2, -0.15) is 0 Å². The van der Waals surface area contributed by atoms with Gasteiger partial charge in [-0.1, -0.05) is 0 Å². The Morgan fingerprint density at radius 3 is 2.41 bits per heavy atom. The average Bonchev–Trinajstić information content (AvgIpc) is 2.80. The van der Waals surface area contributed by atoms with Gasteiger partial charge in [0, 0.05) is 30.3 Å². The number of hydrogen-bond donors (Lipinski definition) is 3. The van der Waals surface area contributed by atoms with Crippen LogP contribution in [0.5, 0.6) is 0 Å². The summed E-state index contributed by atoms with van der Waals surface area (Å²) in [5, 5.41) is 5.44. The maximum atomic E-state index is 11.9. The van der Waals surface area contributed by atoms with Gasteiger partial charge in [-0.05, 0) is 38.1 Å². The second-order valence-corrected chi connectivity index (χ2v) is 5.58. The monoisotopic (exact) mass is 304 g/mol. The maximum absolute atomic E-state index is 11.9. The molecule has 0 aliphatic carbocycles. The molecule has 0 radical (unpaired) electrons. The summed E-state index contributed by atoms with van der Waals surface area (Å²) in [6.45, 7) is 4.41. The van der Waals surface area contributed by atoms with Gasteiger partial charge in [-0.15, -0.1) is 0 Å². The van der Waals surface area contributed by atoms with Crippen molar-refractivity contribution in [3.8, 4) is 0 Å². The smallest absolute Gasteiger partial charge is 0.319 e. The van der Waals surface area contributed by atoms with Crippen LogP contribution in [-0.2, 0) is 4.79 Å². The van der Waals surface area contributed by atoms with E-state index in [0.717, 1.165) is 0 Å². The first-order valence-electron chi connectivity index (χ1n) is 7.13. The van der Waals surface area contributed by atoms with Crippen molar-refractivity contribution in [1.29, 1.82) is 0 Å². The number of anilines is 1. The maximum Gasteiger partial charge on any atom is 0.319 e. The van der Waals surface area contributed by atoms with Gasteiger partial charge in [-0.25, -0.2) is 4.79 Å². The lowest BCUT2D eigenvalue weighted by molar-refractivity contribution is -0.129. The van der Waals surface area contributed by atoms with Crippen molar-refractivity contribution < 1.29 is 14.4 Å². The fraction of sp³-hybridized carbons (Fsp3) is 0.400. The molecule has 22 heavy (non-hydrogen) atoms. The molecule has 1 aliphatic heterocycles. The van der Waals surface area contributed by atoms with Gasteiger partial charge in [0.2, 0.25) is 11.8 Å². The summed E-state index contributed by atoms with van der Waals surface area (Å²) in [6.07, 6.45) is 0.312. The molecule has 0 spiro atoms. The lowest BCUT2D eigenvalue weighted by Crippen LogP contribution is -2.40. The SMILES string of the molecule is CC(C)N1CC(NC(=O)Nc2ccc(C(N)=O)cc2)CC1=O. The van der Waals surface area contributed by atoms with E-state index in [0.29, 0.717) is 24.2 Å². The van der Waals surface area contributed by atoms with E-state index in [4.69, 9.17) is 5.73 Å². The summed E-state index contributed by atoms with van der Waals surface area (Å²) in [6, 6.07) is 5.83. The molecule has 2 rings (SSSR count). The van der Waals surface area contributed by atoms with Crippen LogP contribution in [0.3, 0.4) is 0 Å². The van der Waals surface area contributed by atoms with Crippen molar-refractivity contribution in [3.05, 3.63) is 29.8 Å². The van der Waals surface area contributed by atoms with Crippen molar-refractivity contribution in [3.63, 3.8) is 0 Å². The topological polar surface area (TPSA) is 105 Å². The Kier molecular flexibility index (Phi) is 4.65. The van der Waals surface area contributed by atoms with Crippen molar-refractivity contribution in [2.24, 2.45) is 5.73 Å². The Morgan fingerprint density at radius 1 is 1.27 bits per heavy atom. The number of carbonyl (C=O) groups is 3. The van der Waals surface area contributed by atoms with E-state index in [9.17, 15) is 14.4 Å². The Hall–Kier alpha value is -2.57. The van der Waals surface area contributed by atoms with Gasteiger partial charge in [0.1, 0.15) is 0 Å². The molecule has 7 heteroatoms. The van der Waals surface area contributed by atoms with Crippen molar-refractivity contribution in [2.75, 3.05) is 11.9 Å². The fourth-order valence-electron chi connectivity index (χ4n) is 2.40. The molecule has 1 fully saturated rings. The van der Waals surface area contributed by atoms with E-state index in [1.54, 1.807) is 17.0 Å². The minimum absolute atomic E-state index is 0.0473. The number of hydrogen-bond acceptors (Lipinski definition) is 3. The van der Waals surface area contributed by atoms with Crippen molar-refractivity contribution in [1.82, 2.24) is 10.2 Å². The third-order valence-electron chi connectivity index (χ3n) is 3.54. The molecule has 1 aromatic carbocycles. The zero-order valence-corrected chi connectivity index (χ0v) is 12.6. The summed E-state index contributed by atoms with van der Waals surface area (Å²) in [5.74, 6) is -0.472. The van der Waals surface area contributed by atoms with Gasteiger partial charge in [0.15, 0.2) is 0 Å². The number of rotatable bonds is 4. The molecule has 0 saturated carbocycles. The molecule has 1 heterocycles. The van der Waals surface area contributed by atoms with E-state index in [-0.39, 0.29) is 24.0 Å². The molecule has 4 N–H and O–H groups in total. The molecule has 1 aromatic rings. The van der Waals surface area contributed by atoms with Crippen LogP contribution in [0.4, 0.5) is 10.5 Å². The number of nitrogens with two attached hydrogens (primary N) is 1. The highest BCUT2D eigenvalue weighted by Crippen LogP contribution is 2.15. The number of nitrogens with zero attached hydrogens (tertiary/aromatic N) is 1. The van der Waals surface area contributed by atoms with E-state index in [1.165, 1.54) is 12.1 Å². The predicted molar refractivity (Wildman–Crippen MR) is 82.4 cm³/mol. The zero-order chi connectivity index (χ0) is 16.3. The third kappa shape index (κ3) is 3.75. The first-order chi connectivity index (χ1) is 10.4. The summed E-state index contributed by atoms with van der Waals surface area (Å²) in [5.41, 5.74) is 6.07. The molecule has 1 saturated heterocycles. The van der Waals surface area contributed by atoms with E-state index in [1.807, 2.05) is 13.8 Å². The highest BCUT2D eigenvalue weighted by molar-refractivity contribution is 5.94. The summed E-state index contributed by atoms with van der Waals surface area (Å²) in [4.78, 5) is 36.4. The molecule has 1 atom stereocenters. The van der Waals surface area contributed by atoms with E-state index < -0.39 is 5.91 Å². The number of carbonyl (C=O) groups excluding carboxylic acids is 3. The minimum atomic E-state index is -0.519. The molecule has 0 aromatic heterocycles. The number of amides is 4. The number of primary amides is 1. The first-order valence-corrected chi connectivity index (χ1v) is 7.13. The number of urea groups is 1. The molecule has 1 unspecified atom stereocenters. The predicted octanol–water partition coefficient (Wildman–Crippen LogP) is 0.916. The van der Waals surface area contributed by atoms with Crippen LogP contribution < -0.4 is 16.4 Å². The zero-order valence-electron chi connectivity index (χ0n) is 12.6. The van der Waals surface area contributed by atoms with Crippen LogP contribution >= 0.6 is 0 Å². The van der Waals surface area contributed by atoms with E-state index in [2.05, 4.69) is 10.6 Å². The number of benzene rings is 1. The summed E-state index contributed by atoms with van der Waals surface area (Å²) < 4.78 is 0. The quantitative estimate of drug-likeness (QED) is 0.770. The standard InChI is InChI=1S/C15H20N4O3/c1-9(2)19-8-12(7-13(19)20)18-15(22)17-11-5-3-10(4-6-11)14(16)21/h3-6,9,12H,7-8H2,1-2H3,(H2,16,21)(H2,17,18,22). The van der Waals surface area contributed by atoms with Crippen molar-refractivity contribution >= 4 is 23.5 Å². The largest absolute Gasteiger partial charge is 0.366 e. The molecule has 4 amide bonds. The highest BCUT2D eigenvalue weighted by atomic mass is 16.2. The second kappa shape index (κ2) is 6.46. The molecule has 1 aliphatic rings. The molecule has 7 nitrogen and oxygen atoms in total. The van der Waals surface area contributed by atoms with Gasteiger partial charge in [0.05, 0.1) is 6.04 Å².